The number of carbonyl (C=O) groups is 2. The van der Waals surface area contributed by atoms with Gasteiger partial charge in [-0.15, -0.1) is 0 Å². The highest BCUT2D eigenvalue weighted by Gasteiger charge is 2.18. The van der Waals surface area contributed by atoms with Crippen LogP contribution in [0.4, 0.5) is 10.5 Å². The van der Waals surface area contributed by atoms with Crippen molar-refractivity contribution >= 4 is 17.6 Å². The molecule has 2 N–H and O–H groups in total. The highest BCUT2D eigenvalue weighted by atomic mass is 16.2. The number of nitrogens with one attached hydrogen (secondary N) is 2. The van der Waals surface area contributed by atoms with Crippen LogP contribution in [0.1, 0.15) is 25.3 Å². The molecule has 0 atom stereocenters. The number of amides is 3. The van der Waals surface area contributed by atoms with Crippen molar-refractivity contribution in [2.75, 3.05) is 25.0 Å². The fourth-order valence-electron chi connectivity index (χ4n) is 2.47. The predicted octanol–water partition coefficient (Wildman–Crippen LogP) is 2.38. The first-order valence-corrected chi connectivity index (χ1v) is 7.43. The minimum absolute atomic E-state index is 0.255. The third-order valence-corrected chi connectivity index (χ3v) is 3.77. The van der Waals surface area contributed by atoms with E-state index in [9.17, 15) is 9.59 Å². The van der Waals surface area contributed by atoms with Gasteiger partial charge < -0.3 is 5.32 Å². The van der Waals surface area contributed by atoms with Crippen LogP contribution >= 0.6 is 0 Å². The normalized spacial score (nSPS) is 16.5. The monoisotopic (exact) mass is 289 g/mol. The van der Waals surface area contributed by atoms with Crippen LogP contribution in [0.5, 0.6) is 0 Å². The average Bonchev–Trinajstić information content (AvgIpc) is 2.41. The number of anilines is 1. The van der Waals surface area contributed by atoms with Gasteiger partial charge in [0.2, 0.25) is 5.91 Å². The van der Waals surface area contributed by atoms with E-state index in [2.05, 4.69) is 22.5 Å². The van der Waals surface area contributed by atoms with Gasteiger partial charge in [-0.3, -0.25) is 15.0 Å². The molecule has 114 valence electrons. The van der Waals surface area contributed by atoms with E-state index in [-0.39, 0.29) is 12.5 Å². The third-order valence-electron chi connectivity index (χ3n) is 3.77. The van der Waals surface area contributed by atoms with E-state index < -0.39 is 6.03 Å². The Morgan fingerprint density at radius 2 is 2.00 bits per heavy atom. The zero-order valence-corrected chi connectivity index (χ0v) is 12.7. The van der Waals surface area contributed by atoms with Gasteiger partial charge in [0.25, 0.3) is 0 Å². The number of hydrogen-bond donors (Lipinski definition) is 2. The van der Waals surface area contributed by atoms with E-state index in [1.807, 2.05) is 25.1 Å². The summed E-state index contributed by atoms with van der Waals surface area (Å²) in [7, 11) is 0. The first-order valence-electron chi connectivity index (χ1n) is 7.43. The minimum atomic E-state index is -0.476. The molecule has 0 bridgehead atoms. The summed E-state index contributed by atoms with van der Waals surface area (Å²) >= 11 is 0. The maximum absolute atomic E-state index is 11.8. The zero-order valence-electron chi connectivity index (χ0n) is 12.7. The Morgan fingerprint density at radius 3 is 2.67 bits per heavy atom. The lowest BCUT2D eigenvalue weighted by Crippen LogP contribution is -2.44. The quantitative estimate of drug-likeness (QED) is 0.898. The molecule has 2 rings (SSSR count). The molecule has 1 fully saturated rings. The summed E-state index contributed by atoms with van der Waals surface area (Å²) in [5.74, 6) is 0.476. The number of imide groups is 1. The van der Waals surface area contributed by atoms with Crippen LogP contribution in [0, 0.1) is 12.8 Å². The molecule has 0 saturated carbocycles. The van der Waals surface area contributed by atoms with Crippen LogP contribution in [-0.2, 0) is 4.79 Å². The molecule has 5 heteroatoms. The van der Waals surface area contributed by atoms with Gasteiger partial charge in [-0.05, 0) is 56.5 Å². The van der Waals surface area contributed by atoms with Crippen LogP contribution in [0.2, 0.25) is 0 Å². The van der Waals surface area contributed by atoms with Crippen molar-refractivity contribution in [3.8, 4) is 0 Å². The summed E-state index contributed by atoms with van der Waals surface area (Å²) in [5, 5.41) is 5.04. The van der Waals surface area contributed by atoms with Crippen LogP contribution in [0.25, 0.3) is 0 Å². The summed E-state index contributed by atoms with van der Waals surface area (Å²) in [6.45, 7) is 6.31. The number of carbonyl (C=O) groups excluding carboxylic acids is 2. The Labute approximate surface area is 125 Å². The molecule has 0 aliphatic carbocycles. The van der Waals surface area contributed by atoms with E-state index in [0.29, 0.717) is 5.69 Å². The number of rotatable bonds is 3. The molecular formula is C16H23N3O2. The van der Waals surface area contributed by atoms with Crippen LogP contribution in [-0.4, -0.2) is 36.5 Å². The highest BCUT2D eigenvalue weighted by Crippen LogP contribution is 2.15. The van der Waals surface area contributed by atoms with Crippen molar-refractivity contribution in [3.05, 3.63) is 29.8 Å². The predicted molar refractivity (Wildman–Crippen MR) is 83.2 cm³/mol. The van der Waals surface area contributed by atoms with Gasteiger partial charge in [-0.2, -0.15) is 0 Å². The van der Waals surface area contributed by atoms with E-state index in [4.69, 9.17) is 0 Å². The van der Waals surface area contributed by atoms with Crippen molar-refractivity contribution in [2.24, 2.45) is 5.92 Å². The second-order valence-corrected chi connectivity index (χ2v) is 5.83. The highest BCUT2D eigenvalue weighted by molar-refractivity contribution is 6.01. The van der Waals surface area contributed by atoms with Gasteiger partial charge in [0.05, 0.1) is 6.54 Å². The summed E-state index contributed by atoms with van der Waals surface area (Å²) in [5.41, 5.74) is 1.74. The van der Waals surface area contributed by atoms with Crippen LogP contribution in [0.3, 0.4) is 0 Å². The zero-order chi connectivity index (χ0) is 15.2. The fraction of sp³-hybridized carbons (Fsp3) is 0.500. The van der Waals surface area contributed by atoms with Gasteiger partial charge in [-0.1, -0.05) is 19.1 Å². The van der Waals surface area contributed by atoms with E-state index >= 15 is 0 Å². The number of likely N-dealkylation sites (tertiary alicyclic amines) is 1. The summed E-state index contributed by atoms with van der Waals surface area (Å²) in [6, 6.07) is 6.99. The number of aryl methyl sites for hydroxylation is 1. The second kappa shape index (κ2) is 7.22. The van der Waals surface area contributed by atoms with E-state index in [1.165, 1.54) is 0 Å². The Hall–Kier alpha value is -1.88. The number of benzene rings is 1. The van der Waals surface area contributed by atoms with Gasteiger partial charge in [0.1, 0.15) is 0 Å². The molecule has 5 nitrogen and oxygen atoms in total. The molecule has 1 aliphatic rings. The van der Waals surface area contributed by atoms with Gasteiger partial charge in [0, 0.05) is 5.69 Å². The standard InChI is InChI=1S/C16H23N3O2/c1-12-6-8-19(9-7-12)11-15(20)18-16(21)17-14-5-3-4-13(2)10-14/h3-5,10,12H,6-9,11H2,1-2H3,(H2,17,18,20,21). The molecule has 1 aromatic rings. The SMILES string of the molecule is Cc1cccc(NC(=O)NC(=O)CN2CCC(C)CC2)c1. The lowest BCUT2D eigenvalue weighted by atomic mass is 9.99. The largest absolute Gasteiger partial charge is 0.325 e. The molecule has 0 unspecified atom stereocenters. The smallest absolute Gasteiger partial charge is 0.308 e. The third kappa shape index (κ3) is 5.19. The molecule has 3 amide bonds. The van der Waals surface area contributed by atoms with Crippen LogP contribution < -0.4 is 10.6 Å². The van der Waals surface area contributed by atoms with Crippen molar-refractivity contribution in [2.45, 2.75) is 26.7 Å². The van der Waals surface area contributed by atoms with E-state index in [1.54, 1.807) is 6.07 Å². The fourth-order valence-corrected chi connectivity index (χ4v) is 2.47. The number of nitrogens with zero attached hydrogens (tertiary/aromatic N) is 1. The summed E-state index contributed by atoms with van der Waals surface area (Å²) in [4.78, 5) is 25.7. The first-order chi connectivity index (χ1) is 10.0. The molecule has 21 heavy (non-hydrogen) atoms. The van der Waals surface area contributed by atoms with E-state index in [0.717, 1.165) is 37.4 Å². The number of hydrogen-bond acceptors (Lipinski definition) is 3. The molecule has 1 aliphatic heterocycles. The minimum Gasteiger partial charge on any atom is -0.308 e. The van der Waals surface area contributed by atoms with Crippen molar-refractivity contribution in [3.63, 3.8) is 0 Å². The number of urea groups is 1. The maximum atomic E-state index is 11.8. The van der Waals surface area contributed by atoms with Gasteiger partial charge in [0.15, 0.2) is 0 Å². The summed E-state index contributed by atoms with van der Waals surface area (Å²) < 4.78 is 0. The topological polar surface area (TPSA) is 61.4 Å². The average molecular weight is 289 g/mol. The lowest BCUT2D eigenvalue weighted by Gasteiger charge is -2.29. The Balaban J connectivity index is 1.76. The second-order valence-electron chi connectivity index (χ2n) is 5.83. The molecule has 1 heterocycles. The van der Waals surface area contributed by atoms with Crippen LogP contribution in [0.15, 0.2) is 24.3 Å². The van der Waals surface area contributed by atoms with Crippen molar-refractivity contribution < 1.29 is 9.59 Å². The summed E-state index contributed by atoms with van der Waals surface area (Å²) in [6.07, 6.45) is 2.23. The maximum Gasteiger partial charge on any atom is 0.325 e. The molecule has 1 saturated heterocycles. The Bertz CT molecular complexity index is 508. The molecule has 0 radical (unpaired) electrons. The van der Waals surface area contributed by atoms with Gasteiger partial charge in [-0.25, -0.2) is 4.79 Å². The van der Waals surface area contributed by atoms with Crippen molar-refractivity contribution in [1.29, 1.82) is 0 Å². The van der Waals surface area contributed by atoms with Crippen molar-refractivity contribution in [1.82, 2.24) is 10.2 Å². The Morgan fingerprint density at radius 1 is 1.29 bits per heavy atom. The van der Waals surface area contributed by atoms with Gasteiger partial charge >= 0.3 is 6.03 Å². The first kappa shape index (κ1) is 15.5. The molecule has 0 aromatic heterocycles. The number of piperidine rings is 1. The molecule has 0 spiro atoms. The molecular weight excluding hydrogens is 266 g/mol. The molecule has 1 aromatic carbocycles. The lowest BCUT2D eigenvalue weighted by molar-refractivity contribution is -0.121. The Kier molecular flexibility index (Phi) is 5.33.